The van der Waals surface area contributed by atoms with Crippen molar-refractivity contribution in [2.45, 2.75) is 18.3 Å². The Hall–Kier alpha value is -4.76. The van der Waals surface area contributed by atoms with Gasteiger partial charge in [0.25, 0.3) is 11.8 Å². The number of halogens is 2. The monoisotopic (exact) mass is 581 g/mol. The Balaban J connectivity index is 1.08. The molecule has 8 nitrogen and oxygen atoms in total. The SMILES string of the molecule is O=C(c1ccc(Oc2ccc(Cl)cn2)cc1)N1CCC2(CC1)CN(C(=O)c1cccc3nccn13)c1ccc(F)cc12. The maximum Gasteiger partial charge on any atom is 0.275 e. The van der Waals surface area contributed by atoms with E-state index in [1.165, 1.54) is 12.3 Å². The number of hydrogen-bond donors (Lipinski definition) is 0. The number of pyridine rings is 2. The number of nitrogens with zero attached hydrogens (tertiary/aromatic N) is 5. The minimum atomic E-state index is -0.448. The smallest absolute Gasteiger partial charge is 0.275 e. The predicted octanol–water partition coefficient (Wildman–Crippen LogP) is 6.15. The molecule has 0 atom stereocenters. The summed E-state index contributed by atoms with van der Waals surface area (Å²) in [6.45, 7) is 1.39. The first kappa shape index (κ1) is 26.2. The Morgan fingerprint density at radius 1 is 0.929 bits per heavy atom. The molecule has 2 aliphatic heterocycles. The van der Waals surface area contributed by atoms with Crippen LogP contribution in [0.25, 0.3) is 5.65 Å². The molecule has 0 unspecified atom stereocenters. The highest BCUT2D eigenvalue weighted by Crippen LogP contribution is 2.48. The molecule has 0 aliphatic carbocycles. The van der Waals surface area contributed by atoms with Crippen LogP contribution in [0.2, 0.25) is 5.02 Å². The van der Waals surface area contributed by atoms with Gasteiger partial charge in [-0.1, -0.05) is 17.7 Å². The van der Waals surface area contributed by atoms with Gasteiger partial charge in [0, 0.05) is 61.0 Å². The van der Waals surface area contributed by atoms with Crippen molar-refractivity contribution in [2.75, 3.05) is 24.5 Å². The molecular weight excluding hydrogens is 557 g/mol. The fourth-order valence-corrected chi connectivity index (χ4v) is 6.15. The normalized spacial score (nSPS) is 15.7. The lowest BCUT2D eigenvalue weighted by Crippen LogP contribution is -2.48. The predicted molar refractivity (Wildman–Crippen MR) is 156 cm³/mol. The van der Waals surface area contributed by atoms with E-state index in [0.717, 1.165) is 5.56 Å². The van der Waals surface area contributed by atoms with E-state index in [2.05, 4.69) is 9.97 Å². The number of carbonyl (C=O) groups excluding carboxylic acids is 2. The Morgan fingerprint density at radius 2 is 1.74 bits per heavy atom. The highest BCUT2D eigenvalue weighted by atomic mass is 35.5. The number of rotatable bonds is 4. The minimum absolute atomic E-state index is 0.0850. The summed E-state index contributed by atoms with van der Waals surface area (Å²) in [6, 6.07) is 20.3. The van der Waals surface area contributed by atoms with Crippen LogP contribution in [0.5, 0.6) is 11.6 Å². The molecule has 42 heavy (non-hydrogen) atoms. The molecule has 0 saturated carbocycles. The fraction of sp³-hybridized carbons (Fsp3) is 0.188. The van der Waals surface area contributed by atoms with Crippen LogP contribution >= 0.6 is 11.6 Å². The third-order valence-corrected chi connectivity index (χ3v) is 8.43. The van der Waals surface area contributed by atoms with Crippen LogP contribution in [0, 0.1) is 5.82 Å². The zero-order valence-corrected chi connectivity index (χ0v) is 23.2. The maximum absolute atomic E-state index is 14.5. The van der Waals surface area contributed by atoms with Crippen molar-refractivity contribution in [2.24, 2.45) is 0 Å². The van der Waals surface area contributed by atoms with Gasteiger partial charge < -0.3 is 14.5 Å². The van der Waals surface area contributed by atoms with Gasteiger partial charge in [-0.3, -0.25) is 14.0 Å². The van der Waals surface area contributed by atoms with E-state index in [0.29, 0.717) is 71.7 Å². The van der Waals surface area contributed by atoms with Crippen molar-refractivity contribution >= 4 is 34.7 Å². The van der Waals surface area contributed by atoms with Gasteiger partial charge in [0.05, 0.1) is 5.02 Å². The lowest BCUT2D eigenvalue weighted by Gasteiger charge is -2.40. The second kappa shape index (κ2) is 10.3. The third-order valence-electron chi connectivity index (χ3n) is 8.21. The van der Waals surface area contributed by atoms with Gasteiger partial charge >= 0.3 is 0 Å². The number of likely N-dealkylation sites (tertiary alicyclic amines) is 1. The Bertz CT molecular complexity index is 1810. The molecule has 5 aromatic rings. The second-order valence-corrected chi connectivity index (χ2v) is 11.1. The lowest BCUT2D eigenvalue weighted by atomic mass is 9.74. The van der Waals surface area contributed by atoms with Gasteiger partial charge in [0.15, 0.2) is 0 Å². The van der Waals surface area contributed by atoms with Gasteiger partial charge in [-0.15, -0.1) is 0 Å². The van der Waals surface area contributed by atoms with Crippen LogP contribution < -0.4 is 9.64 Å². The molecule has 210 valence electrons. The average molecular weight is 582 g/mol. The number of piperidine rings is 1. The molecule has 0 bridgehead atoms. The Kier molecular flexibility index (Phi) is 6.39. The van der Waals surface area contributed by atoms with E-state index in [1.807, 2.05) is 17.0 Å². The molecule has 0 radical (unpaired) electrons. The summed E-state index contributed by atoms with van der Waals surface area (Å²) in [4.78, 5) is 39.2. The summed E-state index contributed by atoms with van der Waals surface area (Å²) < 4.78 is 22.0. The Labute approximate surface area is 245 Å². The molecule has 7 rings (SSSR count). The molecule has 10 heteroatoms. The van der Waals surface area contributed by atoms with E-state index in [4.69, 9.17) is 16.3 Å². The number of carbonyl (C=O) groups is 2. The summed E-state index contributed by atoms with van der Waals surface area (Å²) in [5.41, 5.74) is 2.80. The van der Waals surface area contributed by atoms with Crippen molar-refractivity contribution in [1.29, 1.82) is 0 Å². The maximum atomic E-state index is 14.5. The van der Waals surface area contributed by atoms with E-state index >= 15 is 0 Å². The molecule has 1 fully saturated rings. The van der Waals surface area contributed by atoms with Gasteiger partial charge in [-0.25, -0.2) is 14.4 Å². The van der Waals surface area contributed by atoms with E-state index in [-0.39, 0.29) is 17.6 Å². The van der Waals surface area contributed by atoms with Gasteiger partial charge in [0.2, 0.25) is 5.88 Å². The van der Waals surface area contributed by atoms with Crippen molar-refractivity contribution in [3.05, 3.63) is 119 Å². The first-order valence-electron chi connectivity index (χ1n) is 13.6. The van der Waals surface area contributed by atoms with Crippen LogP contribution in [-0.4, -0.2) is 50.7 Å². The molecular formula is C32H25ClFN5O3. The summed E-state index contributed by atoms with van der Waals surface area (Å²) in [6.07, 6.45) is 6.14. The number of anilines is 1. The number of amides is 2. The molecule has 2 aromatic carbocycles. The summed E-state index contributed by atoms with van der Waals surface area (Å²) in [5.74, 6) is 0.368. The number of benzene rings is 2. The Morgan fingerprint density at radius 3 is 2.50 bits per heavy atom. The van der Waals surface area contributed by atoms with Crippen LogP contribution in [-0.2, 0) is 5.41 Å². The van der Waals surface area contributed by atoms with Crippen LogP contribution in [0.15, 0.2) is 91.4 Å². The number of imidazole rings is 1. The molecule has 1 spiro atoms. The van der Waals surface area contributed by atoms with Crippen molar-refractivity contribution in [3.8, 4) is 11.6 Å². The topological polar surface area (TPSA) is 80.0 Å². The molecule has 1 saturated heterocycles. The zero-order chi connectivity index (χ0) is 28.8. The number of aromatic nitrogens is 3. The van der Waals surface area contributed by atoms with Crippen molar-refractivity contribution < 1.29 is 18.7 Å². The molecule has 2 amide bonds. The highest BCUT2D eigenvalue weighted by Gasteiger charge is 2.47. The number of hydrogen-bond acceptors (Lipinski definition) is 5. The largest absolute Gasteiger partial charge is 0.439 e. The van der Waals surface area contributed by atoms with Gasteiger partial charge in [0.1, 0.15) is 22.9 Å². The first-order valence-corrected chi connectivity index (χ1v) is 14.0. The minimum Gasteiger partial charge on any atom is -0.439 e. The molecule has 5 heterocycles. The summed E-state index contributed by atoms with van der Waals surface area (Å²) >= 11 is 5.88. The van der Waals surface area contributed by atoms with Gasteiger partial charge in [-0.2, -0.15) is 0 Å². The van der Waals surface area contributed by atoms with E-state index < -0.39 is 5.41 Å². The summed E-state index contributed by atoms with van der Waals surface area (Å²) in [7, 11) is 0. The third kappa shape index (κ3) is 4.55. The van der Waals surface area contributed by atoms with E-state index in [1.54, 1.807) is 76.3 Å². The number of ether oxygens (including phenoxy) is 1. The first-order chi connectivity index (χ1) is 20.4. The molecule has 3 aromatic heterocycles. The average Bonchev–Trinajstić information content (AvgIpc) is 3.62. The molecule has 0 N–H and O–H groups in total. The van der Waals surface area contributed by atoms with Gasteiger partial charge in [-0.05, 0) is 79.1 Å². The quantitative estimate of drug-likeness (QED) is 0.254. The second-order valence-electron chi connectivity index (χ2n) is 10.6. The highest BCUT2D eigenvalue weighted by molar-refractivity contribution is 6.30. The van der Waals surface area contributed by atoms with Crippen molar-refractivity contribution in [3.63, 3.8) is 0 Å². The number of fused-ring (bicyclic) bond motifs is 3. The standard InChI is InChI=1S/C32H25ClFN5O3/c33-22-6-11-29(36-19-22)42-24-8-4-21(5-9-24)30(40)37-15-12-32(13-16-37)20-39(26-10-7-23(34)18-25(26)32)31(41)27-2-1-3-28-35-14-17-38(27)28/h1-11,14,17-19H,12-13,15-16,20H2. The van der Waals surface area contributed by atoms with Crippen molar-refractivity contribution in [1.82, 2.24) is 19.3 Å². The van der Waals surface area contributed by atoms with Crippen LogP contribution in [0.4, 0.5) is 10.1 Å². The zero-order valence-electron chi connectivity index (χ0n) is 22.4. The van der Waals surface area contributed by atoms with Crippen LogP contribution in [0.3, 0.4) is 0 Å². The van der Waals surface area contributed by atoms with E-state index in [9.17, 15) is 14.0 Å². The fourth-order valence-electron chi connectivity index (χ4n) is 6.04. The summed E-state index contributed by atoms with van der Waals surface area (Å²) in [5, 5.41) is 0.518. The van der Waals surface area contributed by atoms with Crippen LogP contribution in [0.1, 0.15) is 39.3 Å². The lowest BCUT2D eigenvalue weighted by molar-refractivity contribution is 0.0670. The molecule has 2 aliphatic rings.